The van der Waals surface area contributed by atoms with Crippen LogP contribution in [0.3, 0.4) is 0 Å². The van der Waals surface area contributed by atoms with Gasteiger partial charge in [0.05, 0.1) is 15.9 Å². The van der Waals surface area contributed by atoms with E-state index in [1.54, 1.807) is 110 Å². The third kappa shape index (κ3) is 8.49. The van der Waals surface area contributed by atoms with E-state index in [9.17, 15) is 24.5 Å². The largest absolute Gasteiger partial charge is 0.321 e. The van der Waals surface area contributed by atoms with E-state index in [1.807, 2.05) is 0 Å². The van der Waals surface area contributed by atoms with Crippen molar-refractivity contribution < 1.29 is 19.3 Å². The third-order valence-corrected chi connectivity index (χ3v) is 8.28. The summed E-state index contributed by atoms with van der Waals surface area (Å²) in [6.45, 7) is 1.76. The molecule has 0 aliphatic heterocycles. The lowest BCUT2D eigenvalue weighted by atomic mass is 10.1. The summed E-state index contributed by atoms with van der Waals surface area (Å²) in [7, 11) is 0. The fraction of sp³-hybridized carbons (Fsp3) is 0.0606. The molecule has 0 radical (unpaired) electrons. The minimum atomic E-state index is -0.519. The van der Waals surface area contributed by atoms with Crippen molar-refractivity contribution in [2.45, 2.75) is 17.1 Å². The van der Waals surface area contributed by atoms with E-state index < -0.39 is 22.0 Å². The quantitative estimate of drug-likeness (QED) is 0.0622. The number of benzene rings is 3. The molecule has 13 heteroatoms. The first-order valence-corrected chi connectivity index (χ1v) is 15.6. The minimum absolute atomic E-state index is 0.0387. The van der Waals surface area contributed by atoms with E-state index in [0.29, 0.717) is 33.2 Å². The summed E-state index contributed by atoms with van der Waals surface area (Å²) in [6, 6.07) is 25.2. The molecule has 3 aromatic carbocycles. The summed E-state index contributed by atoms with van der Waals surface area (Å²) in [6.07, 6.45) is 4.74. The molecule has 5 rings (SSSR count). The Labute approximate surface area is 272 Å². The zero-order valence-electron chi connectivity index (χ0n) is 24.2. The number of rotatable bonds is 11. The maximum atomic E-state index is 13.2. The number of hydrogen-bond donors (Lipinski definition) is 3. The molecule has 0 bridgehead atoms. The zero-order valence-corrected chi connectivity index (χ0v) is 25.9. The molecule has 2 heterocycles. The predicted octanol–water partition coefficient (Wildman–Crippen LogP) is 6.64. The highest BCUT2D eigenvalue weighted by molar-refractivity contribution is 8.00. The van der Waals surface area contributed by atoms with Gasteiger partial charge in [-0.15, -0.1) is 23.1 Å². The van der Waals surface area contributed by atoms with Gasteiger partial charge < -0.3 is 16.0 Å². The van der Waals surface area contributed by atoms with E-state index in [1.165, 1.54) is 35.2 Å². The summed E-state index contributed by atoms with van der Waals surface area (Å²) >= 11 is 2.55. The predicted molar refractivity (Wildman–Crippen MR) is 179 cm³/mol. The molecular formula is C33H26N6O5S2. The van der Waals surface area contributed by atoms with Crippen LogP contribution in [0, 0.1) is 10.1 Å². The smallest absolute Gasteiger partial charge is 0.272 e. The monoisotopic (exact) mass is 650 g/mol. The lowest BCUT2D eigenvalue weighted by Crippen LogP contribution is -2.30. The number of pyridine rings is 1. The average Bonchev–Trinajstić information content (AvgIpc) is 3.54. The molecule has 46 heavy (non-hydrogen) atoms. The van der Waals surface area contributed by atoms with Crippen LogP contribution in [0.1, 0.15) is 22.8 Å². The summed E-state index contributed by atoms with van der Waals surface area (Å²) in [5.41, 5.74) is 2.65. The van der Waals surface area contributed by atoms with Gasteiger partial charge in [0, 0.05) is 51.6 Å². The lowest BCUT2D eigenvalue weighted by molar-refractivity contribution is -0.384. The minimum Gasteiger partial charge on any atom is -0.321 e. The molecule has 0 fully saturated rings. The van der Waals surface area contributed by atoms with Crippen molar-refractivity contribution in [3.8, 4) is 11.3 Å². The molecule has 0 saturated carbocycles. The Morgan fingerprint density at radius 3 is 2.46 bits per heavy atom. The van der Waals surface area contributed by atoms with Crippen LogP contribution >= 0.6 is 23.1 Å². The van der Waals surface area contributed by atoms with Crippen molar-refractivity contribution in [3.05, 3.63) is 136 Å². The van der Waals surface area contributed by atoms with Crippen molar-refractivity contribution in [2.24, 2.45) is 0 Å². The molecule has 2 aromatic heterocycles. The van der Waals surface area contributed by atoms with Gasteiger partial charge in [-0.25, -0.2) is 4.98 Å². The molecule has 1 atom stereocenters. The second kappa shape index (κ2) is 14.9. The van der Waals surface area contributed by atoms with Crippen molar-refractivity contribution >= 4 is 63.4 Å². The number of nitro groups is 1. The zero-order chi connectivity index (χ0) is 32.5. The number of aromatic nitrogens is 2. The number of thiazole rings is 1. The van der Waals surface area contributed by atoms with Crippen LogP contribution in [0.4, 0.5) is 16.5 Å². The fourth-order valence-electron chi connectivity index (χ4n) is 4.09. The number of carbonyl (C=O) groups excluding carboxylic acids is 3. The summed E-state index contributed by atoms with van der Waals surface area (Å²) in [5, 5.41) is 21.0. The highest BCUT2D eigenvalue weighted by atomic mass is 32.2. The SMILES string of the molecule is CC(Sc1ccc(NC(=O)/C(=C/c2cccnc2)NC(=O)c2ccccc2)cc1)C(=O)Nc1nc(-c2cccc([N+](=O)[O-])c2)cs1. The van der Waals surface area contributed by atoms with Gasteiger partial charge in [-0.1, -0.05) is 36.4 Å². The number of nitrogens with one attached hydrogen (secondary N) is 3. The van der Waals surface area contributed by atoms with Crippen LogP contribution in [-0.4, -0.2) is 37.9 Å². The van der Waals surface area contributed by atoms with Gasteiger partial charge in [-0.3, -0.25) is 29.5 Å². The Bertz CT molecular complexity index is 1900. The molecule has 3 amide bonds. The first-order valence-electron chi connectivity index (χ1n) is 13.8. The van der Waals surface area contributed by atoms with Gasteiger partial charge in [0.15, 0.2) is 5.13 Å². The molecule has 0 aliphatic rings. The lowest BCUT2D eigenvalue weighted by Gasteiger charge is -2.13. The van der Waals surface area contributed by atoms with Crippen LogP contribution in [0.2, 0.25) is 0 Å². The van der Waals surface area contributed by atoms with Crippen LogP contribution in [-0.2, 0) is 9.59 Å². The number of hydrogen-bond acceptors (Lipinski definition) is 9. The number of anilines is 2. The van der Waals surface area contributed by atoms with Crippen LogP contribution < -0.4 is 16.0 Å². The normalized spacial score (nSPS) is 11.7. The van der Waals surface area contributed by atoms with Crippen LogP contribution in [0.25, 0.3) is 17.3 Å². The van der Waals surface area contributed by atoms with Gasteiger partial charge in [-0.05, 0) is 61.0 Å². The van der Waals surface area contributed by atoms with Gasteiger partial charge in [0.2, 0.25) is 5.91 Å². The van der Waals surface area contributed by atoms with Gasteiger partial charge in [-0.2, -0.15) is 0 Å². The van der Waals surface area contributed by atoms with Gasteiger partial charge >= 0.3 is 0 Å². The molecule has 1 unspecified atom stereocenters. The van der Waals surface area contributed by atoms with Crippen molar-refractivity contribution in [1.29, 1.82) is 0 Å². The van der Waals surface area contributed by atoms with Gasteiger partial charge in [0.25, 0.3) is 17.5 Å². The molecule has 0 aliphatic carbocycles. The molecule has 5 aromatic rings. The highest BCUT2D eigenvalue weighted by Crippen LogP contribution is 2.29. The van der Waals surface area contributed by atoms with Crippen molar-refractivity contribution in [2.75, 3.05) is 10.6 Å². The molecular weight excluding hydrogens is 625 g/mol. The average molecular weight is 651 g/mol. The number of nitro benzene ring substituents is 1. The van der Waals surface area contributed by atoms with Gasteiger partial charge in [0.1, 0.15) is 5.70 Å². The van der Waals surface area contributed by atoms with Crippen LogP contribution in [0.15, 0.2) is 119 Å². The Balaban J connectivity index is 1.20. The first-order chi connectivity index (χ1) is 22.2. The number of non-ortho nitro benzene ring substituents is 1. The van der Waals surface area contributed by atoms with E-state index >= 15 is 0 Å². The standard InChI is InChI=1S/C33H26N6O5S2/c1-21(30(40)38-33-37-29(20-45-33)24-10-5-11-26(18-24)39(43)44)46-27-14-12-25(13-15-27)35-32(42)28(17-22-7-6-16-34-19-22)36-31(41)23-8-3-2-4-9-23/h2-21H,1H3,(H,35,42)(H,36,41)(H,37,38,40)/b28-17-. The van der Waals surface area contributed by atoms with E-state index in [4.69, 9.17) is 0 Å². The van der Waals surface area contributed by atoms with Crippen LogP contribution in [0.5, 0.6) is 0 Å². The molecule has 11 nitrogen and oxygen atoms in total. The fourth-order valence-corrected chi connectivity index (χ4v) is 5.68. The third-order valence-electron chi connectivity index (χ3n) is 6.41. The second-order valence-corrected chi connectivity index (χ2v) is 12.0. The molecule has 0 spiro atoms. The maximum Gasteiger partial charge on any atom is 0.272 e. The highest BCUT2D eigenvalue weighted by Gasteiger charge is 2.18. The summed E-state index contributed by atoms with van der Waals surface area (Å²) in [4.78, 5) is 58.8. The Morgan fingerprint density at radius 2 is 1.74 bits per heavy atom. The summed E-state index contributed by atoms with van der Waals surface area (Å²) < 4.78 is 0. The number of nitrogens with zero attached hydrogens (tertiary/aromatic N) is 3. The topological polar surface area (TPSA) is 156 Å². The number of carbonyl (C=O) groups is 3. The Morgan fingerprint density at radius 1 is 0.957 bits per heavy atom. The molecule has 0 saturated heterocycles. The Hall–Kier alpha value is -5.66. The van der Waals surface area contributed by atoms with Crippen molar-refractivity contribution in [1.82, 2.24) is 15.3 Å². The summed E-state index contributed by atoms with van der Waals surface area (Å²) in [5.74, 6) is -1.21. The van der Waals surface area contributed by atoms with E-state index in [2.05, 4.69) is 25.9 Å². The molecule has 230 valence electrons. The maximum absolute atomic E-state index is 13.2. The first kappa shape index (κ1) is 31.8. The Kier molecular flexibility index (Phi) is 10.3. The van der Waals surface area contributed by atoms with Crippen molar-refractivity contribution in [3.63, 3.8) is 0 Å². The molecule has 3 N–H and O–H groups in total. The number of amides is 3. The number of thioether (sulfide) groups is 1. The van der Waals surface area contributed by atoms with E-state index in [-0.39, 0.29) is 17.3 Å². The second-order valence-electron chi connectivity index (χ2n) is 9.74. The van der Waals surface area contributed by atoms with E-state index in [0.717, 1.165) is 4.90 Å².